The fourth-order valence-corrected chi connectivity index (χ4v) is 2.68. The van der Waals surface area contributed by atoms with Gasteiger partial charge in [-0.2, -0.15) is 0 Å². The van der Waals surface area contributed by atoms with Crippen molar-refractivity contribution in [3.8, 4) is 0 Å². The molecule has 0 aliphatic heterocycles. The van der Waals surface area contributed by atoms with Crippen LogP contribution in [-0.4, -0.2) is 5.91 Å². The van der Waals surface area contributed by atoms with Crippen molar-refractivity contribution in [2.75, 3.05) is 5.32 Å². The van der Waals surface area contributed by atoms with Crippen LogP contribution in [0.3, 0.4) is 0 Å². The van der Waals surface area contributed by atoms with Crippen molar-refractivity contribution in [1.82, 2.24) is 0 Å². The van der Waals surface area contributed by atoms with Crippen LogP contribution in [0.15, 0.2) is 40.9 Å². The standard InChI is InChI=1S/C18H20BrNO/c1-4-15-11-16(19)7-8-17(15)20-18(21)10-14-6-5-12(2)13(3)9-14/h5-9,11H,4,10H2,1-3H3,(H,20,21). The quantitative estimate of drug-likeness (QED) is 0.846. The molecule has 2 nitrogen and oxygen atoms in total. The molecule has 0 saturated heterocycles. The highest BCUT2D eigenvalue weighted by molar-refractivity contribution is 9.10. The van der Waals surface area contributed by atoms with Gasteiger partial charge in [0.1, 0.15) is 0 Å². The minimum Gasteiger partial charge on any atom is -0.326 e. The third-order valence-electron chi connectivity index (χ3n) is 3.66. The van der Waals surface area contributed by atoms with Crippen molar-refractivity contribution >= 4 is 27.5 Å². The Bertz CT molecular complexity index is 664. The summed E-state index contributed by atoms with van der Waals surface area (Å²) in [4.78, 5) is 12.2. The zero-order valence-corrected chi connectivity index (χ0v) is 14.3. The number of carbonyl (C=O) groups is 1. The van der Waals surface area contributed by atoms with Crippen molar-refractivity contribution in [3.05, 3.63) is 63.1 Å². The molecule has 2 aromatic rings. The largest absolute Gasteiger partial charge is 0.326 e. The average Bonchev–Trinajstić information content (AvgIpc) is 2.44. The molecule has 3 heteroatoms. The summed E-state index contributed by atoms with van der Waals surface area (Å²) in [5, 5.41) is 3.01. The van der Waals surface area contributed by atoms with Crippen LogP contribution in [0, 0.1) is 13.8 Å². The summed E-state index contributed by atoms with van der Waals surface area (Å²) in [6.45, 7) is 6.23. The molecular formula is C18H20BrNO. The first-order valence-electron chi connectivity index (χ1n) is 7.14. The Morgan fingerprint density at radius 1 is 1.10 bits per heavy atom. The van der Waals surface area contributed by atoms with Gasteiger partial charge in [0.2, 0.25) is 5.91 Å². The van der Waals surface area contributed by atoms with Crippen molar-refractivity contribution in [1.29, 1.82) is 0 Å². The van der Waals surface area contributed by atoms with Gasteiger partial charge < -0.3 is 5.32 Å². The monoisotopic (exact) mass is 345 g/mol. The van der Waals surface area contributed by atoms with Crippen molar-refractivity contribution in [2.24, 2.45) is 0 Å². The van der Waals surface area contributed by atoms with Gasteiger partial charge in [-0.3, -0.25) is 4.79 Å². The van der Waals surface area contributed by atoms with Gasteiger partial charge in [-0.1, -0.05) is 41.1 Å². The molecule has 0 unspecified atom stereocenters. The maximum absolute atomic E-state index is 12.2. The fourth-order valence-electron chi connectivity index (χ4n) is 2.27. The molecule has 0 aliphatic carbocycles. The van der Waals surface area contributed by atoms with E-state index in [4.69, 9.17) is 0 Å². The molecule has 0 aliphatic rings. The minimum absolute atomic E-state index is 0.0234. The number of rotatable bonds is 4. The van der Waals surface area contributed by atoms with E-state index in [-0.39, 0.29) is 5.91 Å². The van der Waals surface area contributed by atoms with E-state index in [1.807, 2.05) is 24.3 Å². The summed E-state index contributed by atoms with van der Waals surface area (Å²) in [6.07, 6.45) is 1.29. The Hall–Kier alpha value is -1.61. The molecule has 0 fully saturated rings. The Labute approximate surface area is 134 Å². The van der Waals surface area contributed by atoms with E-state index >= 15 is 0 Å². The number of hydrogen-bond donors (Lipinski definition) is 1. The Morgan fingerprint density at radius 2 is 1.86 bits per heavy atom. The first-order chi connectivity index (χ1) is 9.99. The lowest BCUT2D eigenvalue weighted by Gasteiger charge is -2.11. The van der Waals surface area contributed by atoms with Gasteiger partial charge in [-0.05, 0) is 60.7 Å². The highest BCUT2D eigenvalue weighted by atomic mass is 79.9. The molecule has 0 heterocycles. The Kier molecular flexibility index (Phi) is 5.18. The van der Waals surface area contributed by atoms with Gasteiger partial charge in [-0.15, -0.1) is 0 Å². The van der Waals surface area contributed by atoms with Gasteiger partial charge in [-0.25, -0.2) is 0 Å². The number of anilines is 1. The molecule has 0 bridgehead atoms. The number of carbonyl (C=O) groups excluding carboxylic acids is 1. The first kappa shape index (κ1) is 15.8. The Balaban J connectivity index is 2.09. The van der Waals surface area contributed by atoms with Crippen molar-refractivity contribution in [2.45, 2.75) is 33.6 Å². The molecule has 2 rings (SSSR count). The zero-order chi connectivity index (χ0) is 15.4. The second-order valence-corrected chi connectivity index (χ2v) is 6.21. The topological polar surface area (TPSA) is 29.1 Å². The lowest BCUT2D eigenvalue weighted by molar-refractivity contribution is -0.115. The lowest BCUT2D eigenvalue weighted by Crippen LogP contribution is -2.15. The smallest absolute Gasteiger partial charge is 0.228 e. The van der Waals surface area contributed by atoms with E-state index in [0.717, 1.165) is 27.7 Å². The Morgan fingerprint density at radius 3 is 2.52 bits per heavy atom. The highest BCUT2D eigenvalue weighted by Crippen LogP contribution is 2.22. The summed E-state index contributed by atoms with van der Waals surface area (Å²) in [5.41, 5.74) is 5.55. The van der Waals surface area contributed by atoms with Crippen LogP contribution in [-0.2, 0) is 17.6 Å². The van der Waals surface area contributed by atoms with Crippen LogP contribution in [0.25, 0.3) is 0 Å². The number of nitrogens with one attached hydrogen (secondary N) is 1. The summed E-state index contributed by atoms with van der Waals surface area (Å²) >= 11 is 3.46. The maximum atomic E-state index is 12.2. The minimum atomic E-state index is 0.0234. The molecule has 110 valence electrons. The summed E-state index contributed by atoms with van der Waals surface area (Å²) in [5.74, 6) is 0.0234. The van der Waals surface area contributed by atoms with Crippen molar-refractivity contribution in [3.63, 3.8) is 0 Å². The zero-order valence-electron chi connectivity index (χ0n) is 12.7. The van der Waals surface area contributed by atoms with E-state index in [1.54, 1.807) is 0 Å². The molecule has 0 spiro atoms. The average molecular weight is 346 g/mol. The lowest BCUT2D eigenvalue weighted by atomic mass is 10.0. The number of halogens is 1. The van der Waals surface area contributed by atoms with Crippen LogP contribution in [0.2, 0.25) is 0 Å². The van der Waals surface area contributed by atoms with Crippen LogP contribution in [0.4, 0.5) is 5.69 Å². The van der Waals surface area contributed by atoms with Crippen molar-refractivity contribution < 1.29 is 4.79 Å². The number of benzene rings is 2. The predicted molar refractivity (Wildman–Crippen MR) is 91.8 cm³/mol. The molecule has 1 amide bonds. The van der Waals surface area contributed by atoms with Crippen LogP contribution >= 0.6 is 15.9 Å². The van der Waals surface area contributed by atoms with Gasteiger partial charge in [0.25, 0.3) is 0 Å². The first-order valence-corrected chi connectivity index (χ1v) is 7.93. The van der Waals surface area contributed by atoms with Crippen LogP contribution in [0.5, 0.6) is 0 Å². The number of amides is 1. The van der Waals surface area contributed by atoms with Crippen LogP contribution < -0.4 is 5.32 Å². The molecule has 1 N–H and O–H groups in total. The second kappa shape index (κ2) is 6.90. The third kappa shape index (κ3) is 4.18. The third-order valence-corrected chi connectivity index (χ3v) is 4.15. The molecule has 2 aromatic carbocycles. The van der Waals surface area contributed by atoms with Gasteiger partial charge in [0.05, 0.1) is 6.42 Å². The molecular weight excluding hydrogens is 326 g/mol. The second-order valence-electron chi connectivity index (χ2n) is 5.30. The summed E-state index contributed by atoms with van der Waals surface area (Å²) in [6, 6.07) is 12.1. The van der Waals surface area contributed by atoms with Gasteiger partial charge in [0.15, 0.2) is 0 Å². The normalized spacial score (nSPS) is 10.5. The van der Waals surface area contributed by atoms with E-state index in [2.05, 4.69) is 54.2 Å². The number of hydrogen-bond acceptors (Lipinski definition) is 1. The van der Waals surface area contributed by atoms with Crippen LogP contribution in [0.1, 0.15) is 29.2 Å². The summed E-state index contributed by atoms with van der Waals surface area (Å²) < 4.78 is 1.03. The molecule has 21 heavy (non-hydrogen) atoms. The summed E-state index contributed by atoms with van der Waals surface area (Å²) in [7, 11) is 0. The van der Waals surface area contributed by atoms with E-state index in [1.165, 1.54) is 11.1 Å². The van der Waals surface area contributed by atoms with E-state index in [9.17, 15) is 4.79 Å². The molecule has 0 saturated carbocycles. The molecule has 0 atom stereocenters. The number of aryl methyl sites for hydroxylation is 3. The fraction of sp³-hybridized carbons (Fsp3) is 0.278. The van der Waals surface area contributed by atoms with Gasteiger partial charge >= 0.3 is 0 Å². The predicted octanol–water partition coefficient (Wildman–Crippen LogP) is 4.81. The molecule has 0 aromatic heterocycles. The van der Waals surface area contributed by atoms with E-state index in [0.29, 0.717) is 6.42 Å². The highest BCUT2D eigenvalue weighted by Gasteiger charge is 2.08. The maximum Gasteiger partial charge on any atom is 0.228 e. The SMILES string of the molecule is CCc1cc(Br)ccc1NC(=O)Cc1ccc(C)c(C)c1. The molecule has 0 radical (unpaired) electrons. The van der Waals surface area contributed by atoms with E-state index < -0.39 is 0 Å². The van der Waals surface area contributed by atoms with Gasteiger partial charge in [0, 0.05) is 10.2 Å².